The SMILES string of the molecule is CC(Cn1cncn1)Nc1ncnc2cc(F)ccc12. The van der Waals surface area contributed by atoms with Crippen LogP contribution in [-0.4, -0.2) is 30.8 Å². The number of aromatic nitrogens is 5. The maximum absolute atomic E-state index is 13.2. The summed E-state index contributed by atoms with van der Waals surface area (Å²) in [7, 11) is 0. The van der Waals surface area contributed by atoms with Gasteiger partial charge in [0.2, 0.25) is 0 Å². The summed E-state index contributed by atoms with van der Waals surface area (Å²) in [6, 6.07) is 4.57. The number of nitrogens with one attached hydrogen (secondary N) is 1. The normalized spacial score (nSPS) is 12.5. The van der Waals surface area contributed by atoms with Crippen LogP contribution in [0.25, 0.3) is 10.9 Å². The average Bonchev–Trinajstić information content (AvgIpc) is 2.91. The highest BCUT2D eigenvalue weighted by molar-refractivity contribution is 5.88. The van der Waals surface area contributed by atoms with Gasteiger partial charge in [0.25, 0.3) is 0 Å². The van der Waals surface area contributed by atoms with Crippen LogP contribution in [0.3, 0.4) is 0 Å². The smallest absolute Gasteiger partial charge is 0.137 e. The standard InChI is InChI=1S/C13H13FN6/c1-9(5-20-8-15-6-18-20)19-13-11-3-2-10(14)4-12(11)16-7-17-13/h2-4,6-9H,5H2,1H3,(H,16,17,19). The maximum atomic E-state index is 13.2. The van der Waals surface area contributed by atoms with E-state index in [1.165, 1.54) is 24.8 Å². The van der Waals surface area contributed by atoms with Crippen molar-refractivity contribution in [3.8, 4) is 0 Å². The zero-order valence-electron chi connectivity index (χ0n) is 10.9. The second-order valence-electron chi connectivity index (χ2n) is 4.55. The van der Waals surface area contributed by atoms with Crippen LogP contribution in [-0.2, 0) is 6.54 Å². The maximum Gasteiger partial charge on any atom is 0.137 e. The molecular formula is C13H13FN6. The van der Waals surface area contributed by atoms with Crippen molar-refractivity contribution < 1.29 is 4.39 Å². The van der Waals surface area contributed by atoms with E-state index in [9.17, 15) is 4.39 Å². The summed E-state index contributed by atoms with van der Waals surface area (Å²) in [4.78, 5) is 12.2. The third-order valence-corrected chi connectivity index (χ3v) is 2.91. The molecule has 102 valence electrons. The molecule has 0 aliphatic heterocycles. The van der Waals surface area contributed by atoms with Crippen LogP contribution in [0.4, 0.5) is 10.2 Å². The predicted octanol–water partition coefficient (Wildman–Crippen LogP) is 1.86. The number of hydrogen-bond donors (Lipinski definition) is 1. The second kappa shape index (κ2) is 5.20. The number of fused-ring (bicyclic) bond motifs is 1. The Labute approximate surface area is 114 Å². The van der Waals surface area contributed by atoms with E-state index in [0.717, 1.165) is 5.39 Å². The van der Waals surface area contributed by atoms with Gasteiger partial charge in [-0.05, 0) is 19.1 Å². The van der Waals surface area contributed by atoms with E-state index in [1.807, 2.05) is 6.92 Å². The van der Waals surface area contributed by atoms with Gasteiger partial charge < -0.3 is 5.32 Å². The Bertz CT molecular complexity index is 712. The summed E-state index contributed by atoms with van der Waals surface area (Å²) >= 11 is 0. The molecule has 1 unspecified atom stereocenters. The molecule has 3 rings (SSSR count). The second-order valence-corrected chi connectivity index (χ2v) is 4.55. The predicted molar refractivity (Wildman–Crippen MR) is 72.6 cm³/mol. The van der Waals surface area contributed by atoms with Gasteiger partial charge in [-0.1, -0.05) is 0 Å². The first-order valence-electron chi connectivity index (χ1n) is 6.21. The lowest BCUT2D eigenvalue weighted by atomic mass is 10.2. The Morgan fingerprint density at radius 2 is 2.20 bits per heavy atom. The highest BCUT2D eigenvalue weighted by Crippen LogP contribution is 2.20. The summed E-state index contributed by atoms with van der Waals surface area (Å²) in [5.41, 5.74) is 0.579. The van der Waals surface area contributed by atoms with Crippen LogP contribution >= 0.6 is 0 Å². The lowest BCUT2D eigenvalue weighted by Gasteiger charge is -2.15. The fourth-order valence-electron chi connectivity index (χ4n) is 2.03. The van der Waals surface area contributed by atoms with E-state index in [1.54, 1.807) is 17.1 Å². The number of nitrogens with zero attached hydrogens (tertiary/aromatic N) is 5. The van der Waals surface area contributed by atoms with Gasteiger partial charge in [0.1, 0.15) is 30.6 Å². The highest BCUT2D eigenvalue weighted by Gasteiger charge is 2.09. The molecule has 0 aliphatic carbocycles. The van der Waals surface area contributed by atoms with Crippen molar-refractivity contribution in [3.05, 3.63) is 43.0 Å². The monoisotopic (exact) mass is 272 g/mol. The van der Waals surface area contributed by atoms with Crippen molar-refractivity contribution in [3.63, 3.8) is 0 Å². The van der Waals surface area contributed by atoms with E-state index in [-0.39, 0.29) is 11.9 Å². The summed E-state index contributed by atoms with van der Waals surface area (Å²) in [5, 5.41) is 8.13. The molecule has 1 atom stereocenters. The first-order chi connectivity index (χ1) is 9.72. The fraction of sp³-hybridized carbons (Fsp3) is 0.231. The highest BCUT2D eigenvalue weighted by atomic mass is 19.1. The Hall–Kier alpha value is -2.57. The van der Waals surface area contributed by atoms with Gasteiger partial charge in [-0.15, -0.1) is 0 Å². The zero-order valence-corrected chi connectivity index (χ0v) is 10.9. The van der Waals surface area contributed by atoms with E-state index in [2.05, 4.69) is 25.4 Å². The molecule has 2 aromatic heterocycles. The molecule has 6 nitrogen and oxygen atoms in total. The zero-order chi connectivity index (χ0) is 13.9. The molecule has 0 saturated carbocycles. The van der Waals surface area contributed by atoms with Gasteiger partial charge in [0, 0.05) is 17.5 Å². The first kappa shape index (κ1) is 12.5. The molecule has 1 aromatic carbocycles. The number of benzene rings is 1. The van der Waals surface area contributed by atoms with Crippen molar-refractivity contribution in [2.45, 2.75) is 19.5 Å². The van der Waals surface area contributed by atoms with Crippen LogP contribution in [0.15, 0.2) is 37.2 Å². The molecule has 0 amide bonds. The summed E-state index contributed by atoms with van der Waals surface area (Å²) in [6.45, 7) is 2.67. The minimum absolute atomic E-state index is 0.0971. The molecule has 0 radical (unpaired) electrons. The number of halogens is 1. The minimum Gasteiger partial charge on any atom is -0.365 e. The Kier molecular flexibility index (Phi) is 3.24. The Morgan fingerprint density at radius 1 is 1.30 bits per heavy atom. The van der Waals surface area contributed by atoms with Crippen molar-refractivity contribution in [1.82, 2.24) is 24.7 Å². The third-order valence-electron chi connectivity index (χ3n) is 2.91. The summed E-state index contributed by atoms with van der Waals surface area (Å²) < 4.78 is 14.9. The van der Waals surface area contributed by atoms with Gasteiger partial charge in [-0.25, -0.2) is 19.3 Å². The van der Waals surface area contributed by atoms with Gasteiger partial charge in [0.05, 0.1) is 12.1 Å². The van der Waals surface area contributed by atoms with Gasteiger partial charge in [-0.3, -0.25) is 4.68 Å². The topological polar surface area (TPSA) is 68.5 Å². The minimum atomic E-state index is -0.308. The number of hydrogen-bond acceptors (Lipinski definition) is 5. The van der Waals surface area contributed by atoms with Gasteiger partial charge in [-0.2, -0.15) is 5.10 Å². The molecule has 0 bridgehead atoms. The molecule has 3 aromatic rings. The molecular weight excluding hydrogens is 259 g/mol. The lowest BCUT2D eigenvalue weighted by molar-refractivity contribution is 0.558. The molecule has 0 fully saturated rings. The summed E-state index contributed by atoms with van der Waals surface area (Å²) in [5.74, 6) is 0.375. The van der Waals surface area contributed by atoms with Gasteiger partial charge >= 0.3 is 0 Å². The van der Waals surface area contributed by atoms with Gasteiger partial charge in [0.15, 0.2) is 0 Å². The molecule has 7 heteroatoms. The molecule has 1 N–H and O–H groups in total. The molecule has 0 spiro atoms. The van der Waals surface area contributed by atoms with Crippen molar-refractivity contribution >= 4 is 16.7 Å². The first-order valence-corrected chi connectivity index (χ1v) is 6.21. The Balaban J connectivity index is 1.83. The van der Waals surface area contributed by atoms with E-state index in [0.29, 0.717) is 17.9 Å². The Morgan fingerprint density at radius 3 is 3.00 bits per heavy atom. The summed E-state index contributed by atoms with van der Waals surface area (Å²) in [6.07, 6.45) is 4.58. The van der Waals surface area contributed by atoms with Crippen LogP contribution in [0, 0.1) is 5.82 Å². The van der Waals surface area contributed by atoms with Crippen molar-refractivity contribution in [1.29, 1.82) is 0 Å². The van der Waals surface area contributed by atoms with Crippen LogP contribution < -0.4 is 5.32 Å². The lowest BCUT2D eigenvalue weighted by Crippen LogP contribution is -2.23. The van der Waals surface area contributed by atoms with Crippen LogP contribution in [0.1, 0.15) is 6.92 Å². The molecule has 2 heterocycles. The third kappa shape index (κ3) is 2.56. The molecule has 0 saturated heterocycles. The van der Waals surface area contributed by atoms with Crippen molar-refractivity contribution in [2.24, 2.45) is 0 Å². The largest absolute Gasteiger partial charge is 0.365 e. The van der Waals surface area contributed by atoms with Crippen molar-refractivity contribution in [2.75, 3.05) is 5.32 Å². The average molecular weight is 272 g/mol. The quantitative estimate of drug-likeness (QED) is 0.785. The van der Waals surface area contributed by atoms with E-state index < -0.39 is 0 Å². The number of rotatable bonds is 4. The van der Waals surface area contributed by atoms with E-state index >= 15 is 0 Å². The van der Waals surface area contributed by atoms with Crippen LogP contribution in [0.5, 0.6) is 0 Å². The van der Waals surface area contributed by atoms with E-state index in [4.69, 9.17) is 0 Å². The fourth-order valence-corrected chi connectivity index (χ4v) is 2.03. The van der Waals surface area contributed by atoms with Crippen LogP contribution in [0.2, 0.25) is 0 Å². The molecule has 20 heavy (non-hydrogen) atoms. The molecule has 0 aliphatic rings. The number of anilines is 1.